The maximum atomic E-state index is 6.40. The summed E-state index contributed by atoms with van der Waals surface area (Å²) in [6.45, 7) is 15.8. The van der Waals surface area contributed by atoms with Crippen LogP contribution in [0.2, 0.25) is 23.3 Å². The van der Waals surface area contributed by atoms with Crippen LogP contribution in [-0.4, -0.2) is 53.3 Å². The Morgan fingerprint density at radius 3 is 2.79 bits per heavy atom. The molecular formula is C19H30ClN5O3Si. The molecule has 0 radical (unpaired) electrons. The van der Waals surface area contributed by atoms with Crippen molar-refractivity contribution in [3.8, 4) is 0 Å². The number of hydrogen-bond acceptors (Lipinski definition) is 7. The smallest absolute Gasteiger partial charge is 0.223 e. The monoisotopic (exact) mass is 439 g/mol. The van der Waals surface area contributed by atoms with Gasteiger partial charge in [-0.15, -0.1) is 6.58 Å². The summed E-state index contributed by atoms with van der Waals surface area (Å²) < 4.78 is 20.5. The molecule has 160 valence electrons. The first-order valence-electron chi connectivity index (χ1n) is 9.71. The number of rotatable bonds is 7. The van der Waals surface area contributed by atoms with Crippen molar-refractivity contribution in [3.05, 3.63) is 24.1 Å². The van der Waals surface area contributed by atoms with Gasteiger partial charge < -0.3 is 19.6 Å². The molecule has 8 nitrogen and oxygen atoms in total. The summed E-state index contributed by atoms with van der Waals surface area (Å²) in [4.78, 5) is 12.6. The highest BCUT2D eigenvalue weighted by Crippen LogP contribution is 2.38. The minimum absolute atomic E-state index is 0.0968. The third-order valence-electron chi connectivity index (χ3n) is 5.73. The SMILES string of the molecule is C=CCO[C@@H]1C[C@H](n2cnc3c(Cl)nc(N)nc32)O[C@@H]1CO[Si](C)(C)C(C)(C)C. The molecule has 3 rings (SSSR count). The third kappa shape index (κ3) is 4.64. The van der Waals surface area contributed by atoms with E-state index in [-0.39, 0.29) is 34.6 Å². The Balaban J connectivity index is 1.81. The van der Waals surface area contributed by atoms with E-state index in [0.717, 1.165) is 0 Å². The summed E-state index contributed by atoms with van der Waals surface area (Å²) in [5, 5.41) is 0.343. The molecule has 29 heavy (non-hydrogen) atoms. The molecular weight excluding hydrogens is 410 g/mol. The van der Waals surface area contributed by atoms with E-state index in [1.165, 1.54) is 0 Å². The summed E-state index contributed by atoms with van der Waals surface area (Å²) in [6, 6.07) is 0. The predicted octanol–water partition coefficient (Wildman–Crippen LogP) is 3.94. The number of aromatic nitrogens is 4. The van der Waals surface area contributed by atoms with E-state index >= 15 is 0 Å². The van der Waals surface area contributed by atoms with Crippen molar-refractivity contribution in [2.24, 2.45) is 0 Å². The number of nitrogen functional groups attached to an aromatic ring is 1. The molecule has 2 aromatic rings. The zero-order valence-corrected chi connectivity index (χ0v) is 19.4. The van der Waals surface area contributed by atoms with Crippen molar-refractivity contribution in [2.45, 2.75) is 63.8 Å². The Morgan fingerprint density at radius 1 is 1.41 bits per heavy atom. The summed E-state index contributed by atoms with van der Waals surface area (Å²) >= 11 is 6.15. The molecule has 10 heteroatoms. The number of imidazole rings is 1. The first-order valence-corrected chi connectivity index (χ1v) is 13.0. The van der Waals surface area contributed by atoms with Gasteiger partial charge in [-0.1, -0.05) is 38.4 Å². The van der Waals surface area contributed by atoms with Gasteiger partial charge in [0.25, 0.3) is 0 Å². The summed E-state index contributed by atoms with van der Waals surface area (Å²) in [5.74, 6) is 0.0968. The van der Waals surface area contributed by atoms with Crippen LogP contribution in [0, 0.1) is 0 Å². The van der Waals surface area contributed by atoms with Crippen LogP contribution >= 0.6 is 11.6 Å². The van der Waals surface area contributed by atoms with Gasteiger partial charge in [-0.25, -0.2) is 4.98 Å². The quantitative estimate of drug-likeness (QED) is 0.396. The van der Waals surface area contributed by atoms with Crippen LogP contribution in [0.4, 0.5) is 5.95 Å². The van der Waals surface area contributed by atoms with Crippen LogP contribution in [0.5, 0.6) is 0 Å². The van der Waals surface area contributed by atoms with Crippen LogP contribution in [0.3, 0.4) is 0 Å². The highest BCUT2D eigenvalue weighted by molar-refractivity contribution is 6.74. The molecule has 0 amide bonds. The first kappa shape index (κ1) is 22.2. The van der Waals surface area contributed by atoms with E-state index < -0.39 is 8.32 Å². The lowest BCUT2D eigenvalue weighted by molar-refractivity contribution is -0.0536. The Hall–Kier alpha value is -1.52. The van der Waals surface area contributed by atoms with Gasteiger partial charge in [-0.3, -0.25) is 4.57 Å². The Bertz CT molecular complexity index is 883. The molecule has 2 aromatic heterocycles. The second-order valence-corrected chi connectivity index (χ2v) is 14.0. The lowest BCUT2D eigenvalue weighted by Crippen LogP contribution is -2.44. The first-order chi connectivity index (χ1) is 13.5. The average molecular weight is 440 g/mol. The van der Waals surface area contributed by atoms with E-state index in [9.17, 15) is 0 Å². The minimum Gasteiger partial charge on any atom is -0.414 e. The van der Waals surface area contributed by atoms with Crippen molar-refractivity contribution in [3.63, 3.8) is 0 Å². The Kier molecular flexibility index (Phi) is 6.35. The van der Waals surface area contributed by atoms with Gasteiger partial charge in [0.2, 0.25) is 5.95 Å². The van der Waals surface area contributed by atoms with E-state index in [4.69, 9.17) is 31.2 Å². The number of halogens is 1. The molecule has 1 aliphatic rings. The molecule has 1 saturated heterocycles. The van der Waals surface area contributed by atoms with Crippen LogP contribution < -0.4 is 5.73 Å². The summed E-state index contributed by atoms with van der Waals surface area (Å²) in [6.07, 6.45) is 3.37. The summed E-state index contributed by atoms with van der Waals surface area (Å²) in [5.41, 5.74) is 6.81. The molecule has 1 fully saturated rings. The van der Waals surface area contributed by atoms with Crippen LogP contribution in [0.25, 0.3) is 11.2 Å². The zero-order chi connectivity index (χ0) is 21.4. The molecule has 1 aliphatic heterocycles. The summed E-state index contributed by atoms with van der Waals surface area (Å²) in [7, 11) is -1.91. The van der Waals surface area contributed by atoms with Crippen LogP contribution in [0.15, 0.2) is 19.0 Å². The number of ether oxygens (including phenoxy) is 2. The topological polar surface area (TPSA) is 97.3 Å². The molecule has 3 atom stereocenters. The van der Waals surface area contributed by atoms with Crippen molar-refractivity contribution < 1.29 is 13.9 Å². The second kappa shape index (κ2) is 8.31. The second-order valence-electron chi connectivity index (χ2n) is 8.79. The number of hydrogen-bond donors (Lipinski definition) is 1. The van der Waals surface area contributed by atoms with Gasteiger partial charge in [0.05, 0.1) is 25.6 Å². The lowest BCUT2D eigenvalue weighted by atomic mass is 10.2. The van der Waals surface area contributed by atoms with E-state index in [2.05, 4.69) is 55.4 Å². The molecule has 0 unspecified atom stereocenters. The van der Waals surface area contributed by atoms with Crippen molar-refractivity contribution in [2.75, 3.05) is 18.9 Å². The maximum absolute atomic E-state index is 6.40. The van der Waals surface area contributed by atoms with Gasteiger partial charge in [0.15, 0.2) is 19.1 Å². The van der Waals surface area contributed by atoms with Crippen LogP contribution in [-0.2, 0) is 13.9 Å². The van der Waals surface area contributed by atoms with Gasteiger partial charge in [-0.05, 0) is 18.1 Å². The molecule has 0 aromatic carbocycles. The van der Waals surface area contributed by atoms with Gasteiger partial charge in [0, 0.05) is 6.42 Å². The van der Waals surface area contributed by atoms with Crippen LogP contribution in [0.1, 0.15) is 33.4 Å². The standard InChI is InChI=1S/C19H30ClN5O3Si/c1-7-8-26-12-9-14(28-13(12)10-27-29(5,6)19(2,3)4)25-11-22-15-16(20)23-18(21)24-17(15)25/h7,11-14H,1,8-10H2,2-6H3,(H2,21,23,24)/t12-,13-,14-/m1/s1. The fraction of sp³-hybridized carbons (Fsp3) is 0.632. The van der Waals surface area contributed by atoms with Crippen molar-refractivity contribution in [1.29, 1.82) is 0 Å². The molecule has 0 aliphatic carbocycles. The third-order valence-corrected chi connectivity index (χ3v) is 10.5. The molecule has 0 bridgehead atoms. The normalized spacial score (nSPS) is 23.0. The molecule has 2 N–H and O–H groups in total. The van der Waals surface area contributed by atoms with Crippen molar-refractivity contribution >= 4 is 37.0 Å². The van der Waals surface area contributed by atoms with Gasteiger partial charge >= 0.3 is 0 Å². The number of nitrogens with zero attached hydrogens (tertiary/aromatic N) is 4. The highest BCUT2D eigenvalue weighted by atomic mass is 35.5. The zero-order valence-electron chi connectivity index (χ0n) is 17.7. The average Bonchev–Trinajstić information content (AvgIpc) is 3.21. The number of nitrogens with two attached hydrogens (primary N) is 1. The fourth-order valence-corrected chi connectivity index (χ4v) is 4.24. The largest absolute Gasteiger partial charge is 0.414 e. The number of fused-ring (bicyclic) bond motifs is 1. The molecule has 0 saturated carbocycles. The highest BCUT2D eigenvalue weighted by Gasteiger charge is 2.42. The predicted molar refractivity (Wildman–Crippen MR) is 116 cm³/mol. The number of anilines is 1. The maximum Gasteiger partial charge on any atom is 0.223 e. The Labute approximate surface area is 177 Å². The lowest BCUT2D eigenvalue weighted by Gasteiger charge is -2.37. The minimum atomic E-state index is -1.91. The molecule has 3 heterocycles. The van der Waals surface area contributed by atoms with E-state index in [0.29, 0.717) is 30.8 Å². The van der Waals surface area contributed by atoms with Crippen molar-refractivity contribution in [1.82, 2.24) is 19.5 Å². The van der Waals surface area contributed by atoms with E-state index in [1.54, 1.807) is 12.4 Å². The van der Waals surface area contributed by atoms with E-state index in [1.807, 2.05) is 4.57 Å². The Morgan fingerprint density at radius 2 is 2.14 bits per heavy atom. The fourth-order valence-electron chi connectivity index (χ4n) is 3.00. The van der Waals surface area contributed by atoms with Gasteiger partial charge in [-0.2, -0.15) is 9.97 Å². The van der Waals surface area contributed by atoms with Gasteiger partial charge in [0.1, 0.15) is 17.8 Å². The molecule has 0 spiro atoms.